The lowest BCUT2D eigenvalue weighted by atomic mass is 9.98. The molecule has 0 aromatic heterocycles. The summed E-state index contributed by atoms with van der Waals surface area (Å²) in [5.74, 6) is -0.250. The Morgan fingerprint density at radius 1 is 1.12 bits per heavy atom. The highest BCUT2D eigenvalue weighted by atomic mass is 16.6. The van der Waals surface area contributed by atoms with Crippen molar-refractivity contribution in [1.82, 2.24) is 0 Å². The third-order valence-electron chi connectivity index (χ3n) is 5.67. The Hall–Kier alpha value is -3.42. The van der Waals surface area contributed by atoms with E-state index in [1.165, 1.54) is 6.07 Å². The second kappa shape index (κ2) is 10.7. The number of piperidine rings is 1. The van der Waals surface area contributed by atoms with Crippen molar-refractivity contribution in [2.45, 2.75) is 39.5 Å². The molecule has 1 aliphatic rings. The number of rotatable bonds is 8. The molecule has 2 aromatic carbocycles. The minimum absolute atomic E-state index is 0.0719. The van der Waals surface area contributed by atoms with Crippen molar-refractivity contribution < 1.29 is 19.2 Å². The van der Waals surface area contributed by atoms with Crippen LogP contribution in [-0.4, -0.2) is 36.5 Å². The lowest BCUT2D eigenvalue weighted by Crippen LogP contribution is -2.33. The molecule has 0 bridgehead atoms. The zero-order valence-electron chi connectivity index (χ0n) is 18.5. The van der Waals surface area contributed by atoms with Gasteiger partial charge in [0.2, 0.25) is 0 Å². The van der Waals surface area contributed by atoms with Crippen molar-refractivity contribution >= 4 is 28.9 Å². The molecule has 170 valence electrons. The maximum Gasteiger partial charge on any atom is 0.338 e. The molecular formula is C24H29N3O5. The van der Waals surface area contributed by atoms with E-state index in [0.29, 0.717) is 29.5 Å². The first kappa shape index (κ1) is 23.2. The molecule has 1 N–H and O–H groups in total. The largest absolute Gasteiger partial charge is 0.462 e. The topological polar surface area (TPSA) is 102 Å². The molecule has 0 saturated carbocycles. The number of nitrogens with one attached hydrogen (secondary N) is 1. The number of nitro benzene ring substituents is 1. The molecular weight excluding hydrogens is 410 g/mol. The monoisotopic (exact) mass is 439 g/mol. The number of ether oxygens (including phenoxy) is 1. The fourth-order valence-electron chi connectivity index (χ4n) is 3.61. The van der Waals surface area contributed by atoms with Crippen molar-refractivity contribution in [2.24, 2.45) is 5.92 Å². The first-order valence-corrected chi connectivity index (χ1v) is 11.0. The van der Waals surface area contributed by atoms with Gasteiger partial charge in [0.05, 0.1) is 17.1 Å². The smallest absolute Gasteiger partial charge is 0.338 e. The minimum Gasteiger partial charge on any atom is -0.462 e. The highest BCUT2D eigenvalue weighted by Crippen LogP contribution is 2.32. The van der Waals surface area contributed by atoms with E-state index in [1.807, 2.05) is 11.8 Å². The van der Waals surface area contributed by atoms with Crippen LogP contribution in [0.4, 0.5) is 17.1 Å². The molecule has 0 spiro atoms. The number of carbonyl (C=O) groups is 2. The van der Waals surface area contributed by atoms with E-state index in [9.17, 15) is 19.7 Å². The maximum atomic E-state index is 12.7. The summed E-state index contributed by atoms with van der Waals surface area (Å²) >= 11 is 0. The first-order chi connectivity index (χ1) is 15.4. The number of nitrogens with zero attached hydrogens (tertiary/aromatic N) is 2. The van der Waals surface area contributed by atoms with E-state index in [-0.39, 0.29) is 11.3 Å². The van der Waals surface area contributed by atoms with Crippen LogP contribution in [0, 0.1) is 16.0 Å². The van der Waals surface area contributed by atoms with E-state index in [2.05, 4.69) is 12.2 Å². The van der Waals surface area contributed by atoms with Crippen molar-refractivity contribution in [3.8, 4) is 0 Å². The van der Waals surface area contributed by atoms with Crippen LogP contribution in [0.3, 0.4) is 0 Å². The van der Waals surface area contributed by atoms with Gasteiger partial charge in [-0.2, -0.15) is 0 Å². The van der Waals surface area contributed by atoms with Gasteiger partial charge in [-0.05, 0) is 61.6 Å². The maximum absolute atomic E-state index is 12.7. The molecule has 2 aromatic rings. The first-order valence-electron chi connectivity index (χ1n) is 11.0. The second-order valence-corrected chi connectivity index (χ2v) is 8.15. The number of esters is 1. The number of carbonyl (C=O) groups excluding carboxylic acids is 2. The molecule has 0 radical (unpaired) electrons. The molecule has 0 unspecified atom stereocenters. The molecule has 8 heteroatoms. The van der Waals surface area contributed by atoms with E-state index in [4.69, 9.17) is 4.74 Å². The van der Waals surface area contributed by atoms with Gasteiger partial charge in [0.1, 0.15) is 5.69 Å². The van der Waals surface area contributed by atoms with Crippen LogP contribution in [0.5, 0.6) is 0 Å². The standard InChI is InChI=1S/C24H29N3O5/c1-3-4-15-32-24(29)18-5-8-20(9-6-18)25-23(28)19-7-10-21(22(16-19)27(30)31)26-13-11-17(2)12-14-26/h5-10,16-17H,3-4,11-15H2,1-2H3,(H,25,28). The van der Waals surface area contributed by atoms with Crippen LogP contribution in [0.15, 0.2) is 42.5 Å². The minimum atomic E-state index is -0.454. The summed E-state index contributed by atoms with van der Waals surface area (Å²) in [7, 11) is 0. The summed E-state index contributed by atoms with van der Waals surface area (Å²) in [4.78, 5) is 37.9. The SMILES string of the molecule is CCCCOC(=O)c1ccc(NC(=O)c2ccc(N3CCC(C)CC3)c([N+](=O)[O-])c2)cc1. The molecule has 32 heavy (non-hydrogen) atoms. The summed E-state index contributed by atoms with van der Waals surface area (Å²) in [5, 5.41) is 14.4. The van der Waals surface area contributed by atoms with E-state index in [1.54, 1.807) is 36.4 Å². The Morgan fingerprint density at radius 2 is 1.78 bits per heavy atom. The number of hydrogen-bond donors (Lipinski definition) is 1. The molecule has 1 saturated heterocycles. The van der Waals surface area contributed by atoms with Crippen LogP contribution < -0.4 is 10.2 Å². The van der Waals surface area contributed by atoms with Gasteiger partial charge in [-0.25, -0.2) is 4.79 Å². The second-order valence-electron chi connectivity index (χ2n) is 8.15. The van der Waals surface area contributed by atoms with E-state index in [0.717, 1.165) is 38.8 Å². The summed E-state index contributed by atoms with van der Waals surface area (Å²) < 4.78 is 5.17. The average Bonchev–Trinajstić information content (AvgIpc) is 2.79. The Kier molecular flexibility index (Phi) is 7.81. The molecule has 3 rings (SSSR count). The van der Waals surface area contributed by atoms with Crippen molar-refractivity contribution in [1.29, 1.82) is 0 Å². The summed E-state index contributed by atoms with van der Waals surface area (Å²) in [6.07, 6.45) is 3.72. The quantitative estimate of drug-likeness (QED) is 0.268. The summed E-state index contributed by atoms with van der Waals surface area (Å²) in [6.45, 7) is 6.10. The Bertz CT molecular complexity index is 966. The number of unbranched alkanes of at least 4 members (excludes halogenated alkanes) is 1. The molecule has 1 aliphatic heterocycles. The Balaban J connectivity index is 1.69. The predicted molar refractivity (Wildman–Crippen MR) is 123 cm³/mol. The predicted octanol–water partition coefficient (Wildman–Crippen LogP) is 5.04. The van der Waals surface area contributed by atoms with Gasteiger partial charge in [-0.15, -0.1) is 0 Å². The van der Waals surface area contributed by atoms with E-state index < -0.39 is 16.8 Å². The van der Waals surface area contributed by atoms with Crippen molar-refractivity contribution in [3.63, 3.8) is 0 Å². The number of anilines is 2. The van der Waals surface area contributed by atoms with Crippen LogP contribution in [-0.2, 0) is 4.74 Å². The average molecular weight is 440 g/mol. The molecule has 0 atom stereocenters. The normalized spacial score (nSPS) is 14.1. The van der Waals surface area contributed by atoms with Crippen LogP contribution in [0.1, 0.15) is 60.2 Å². The van der Waals surface area contributed by atoms with Gasteiger partial charge >= 0.3 is 5.97 Å². The van der Waals surface area contributed by atoms with E-state index >= 15 is 0 Å². The van der Waals surface area contributed by atoms with Crippen molar-refractivity contribution in [2.75, 3.05) is 29.9 Å². The van der Waals surface area contributed by atoms with Gasteiger partial charge in [-0.1, -0.05) is 20.3 Å². The van der Waals surface area contributed by atoms with Crippen LogP contribution >= 0.6 is 0 Å². The molecule has 0 aliphatic carbocycles. The van der Waals surface area contributed by atoms with Crippen LogP contribution in [0.25, 0.3) is 0 Å². The number of benzene rings is 2. The lowest BCUT2D eigenvalue weighted by molar-refractivity contribution is -0.384. The van der Waals surface area contributed by atoms with Gasteiger partial charge in [-0.3, -0.25) is 14.9 Å². The third kappa shape index (κ3) is 5.84. The molecule has 1 fully saturated rings. The fraction of sp³-hybridized carbons (Fsp3) is 0.417. The molecule has 1 heterocycles. The highest BCUT2D eigenvalue weighted by Gasteiger charge is 2.24. The zero-order valence-corrected chi connectivity index (χ0v) is 18.5. The van der Waals surface area contributed by atoms with Gasteiger partial charge in [0.15, 0.2) is 0 Å². The summed E-state index contributed by atoms with van der Waals surface area (Å²) in [5.41, 5.74) is 1.56. The zero-order chi connectivity index (χ0) is 23.1. The lowest BCUT2D eigenvalue weighted by Gasteiger charge is -2.31. The highest BCUT2D eigenvalue weighted by molar-refractivity contribution is 6.05. The van der Waals surface area contributed by atoms with Gasteiger partial charge in [0.25, 0.3) is 11.6 Å². The third-order valence-corrected chi connectivity index (χ3v) is 5.67. The number of hydrogen-bond acceptors (Lipinski definition) is 6. The Morgan fingerprint density at radius 3 is 2.41 bits per heavy atom. The number of nitro groups is 1. The van der Waals surface area contributed by atoms with Crippen LogP contribution in [0.2, 0.25) is 0 Å². The summed E-state index contributed by atoms with van der Waals surface area (Å²) in [6, 6.07) is 10.9. The van der Waals surface area contributed by atoms with Gasteiger partial charge in [0, 0.05) is 30.4 Å². The molecule has 1 amide bonds. The Labute approximate surface area is 187 Å². The van der Waals surface area contributed by atoms with Crippen molar-refractivity contribution in [3.05, 3.63) is 63.7 Å². The molecule has 8 nitrogen and oxygen atoms in total. The number of amides is 1. The fourth-order valence-corrected chi connectivity index (χ4v) is 3.61. The van der Waals surface area contributed by atoms with Gasteiger partial charge < -0.3 is 15.0 Å².